The van der Waals surface area contributed by atoms with Crippen LogP contribution in [0.2, 0.25) is 0 Å². The third kappa shape index (κ3) is 2.10. The highest BCUT2D eigenvalue weighted by atomic mass is 15.1. The molecule has 20 heavy (non-hydrogen) atoms. The summed E-state index contributed by atoms with van der Waals surface area (Å²) < 4.78 is 0. The van der Waals surface area contributed by atoms with Gasteiger partial charge in [-0.3, -0.25) is 0 Å². The molecule has 3 rings (SSSR count). The Labute approximate surface area is 115 Å². The van der Waals surface area contributed by atoms with Crippen LogP contribution in [-0.4, -0.2) is 9.97 Å². The van der Waals surface area contributed by atoms with Crippen LogP contribution in [0.4, 0.5) is 17.3 Å². The molecular weight excluding hydrogens is 250 g/mol. The van der Waals surface area contributed by atoms with Crippen LogP contribution in [0.25, 0.3) is 11.0 Å². The third-order valence-electron chi connectivity index (χ3n) is 2.90. The summed E-state index contributed by atoms with van der Waals surface area (Å²) in [5.74, 6) is 0.753. The van der Waals surface area contributed by atoms with Gasteiger partial charge in [0, 0.05) is 0 Å². The van der Waals surface area contributed by atoms with E-state index >= 15 is 0 Å². The van der Waals surface area contributed by atoms with Crippen molar-refractivity contribution in [2.24, 2.45) is 0 Å². The van der Waals surface area contributed by atoms with Gasteiger partial charge in [0.25, 0.3) is 0 Å². The van der Waals surface area contributed by atoms with Gasteiger partial charge in [0.1, 0.15) is 6.07 Å². The molecule has 0 unspecified atom stereocenters. The Bertz CT molecular complexity index is 820. The van der Waals surface area contributed by atoms with E-state index in [1.54, 1.807) is 18.2 Å². The average molecular weight is 261 g/mol. The number of nitrogens with two attached hydrogens (primary N) is 1. The number of nitriles is 1. The minimum atomic E-state index is 0.302. The standard InChI is InChI=1S/C15H11N5/c16-9-10-5-1-2-6-11(10)19-15-14(17)18-12-7-3-4-8-13(12)20-15/h1-8H,(H2,17,18)(H,19,20). The van der Waals surface area contributed by atoms with E-state index in [0.717, 1.165) is 11.0 Å². The number of aromatic nitrogens is 2. The number of nitrogens with zero attached hydrogens (tertiary/aromatic N) is 3. The molecule has 3 N–H and O–H groups in total. The summed E-state index contributed by atoms with van der Waals surface area (Å²) in [7, 11) is 0. The average Bonchev–Trinajstić information content (AvgIpc) is 2.48. The molecule has 1 aromatic heterocycles. The lowest BCUT2D eigenvalue weighted by Crippen LogP contribution is -2.03. The fraction of sp³-hybridized carbons (Fsp3) is 0. The van der Waals surface area contributed by atoms with Crippen molar-refractivity contribution < 1.29 is 0 Å². The second kappa shape index (κ2) is 4.86. The van der Waals surface area contributed by atoms with Gasteiger partial charge in [-0.25, -0.2) is 9.97 Å². The molecule has 96 valence electrons. The Morgan fingerprint density at radius 2 is 1.60 bits per heavy atom. The van der Waals surface area contributed by atoms with Gasteiger partial charge in [0.05, 0.1) is 22.3 Å². The molecule has 1 heterocycles. The molecule has 0 amide bonds. The lowest BCUT2D eigenvalue weighted by Gasteiger charge is -2.10. The van der Waals surface area contributed by atoms with Crippen LogP contribution >= 0.6 is 0 Å². The molecule has 0 fully saturated rings. The number of benzene rings is 2. The lowest BCUT2D eigenvalue weighted by atomic mass is 10.2. The second-order valence-electron chi connectivity index (χ2n) is 4.23. The Morgan fingerprint density at radius 3 is 2.35 bits per heavy atom. The van der Waals surface area contributed by atoms with Gasteiger partial charge >= 0.3 is 0 Å². The fourth-order valence-corrected chi connectivity index (χ4v) is 1.92. The van der Waals surface area contributed by atoms with Gasteiger partial charge in [-0.15, -0.1) is 0 Å². The van der Waals surface area contributed by atoms with E-state index < -0.39 is 0 Å². The van der Waals surface area contributed by atoms with Crippen molar-refractivity contribution in [3.8, 4) is 6.07 Å². The van der Waals surface area contributed by atoms with Crippen LogP contribution in [0, 0.1) is 11.3 Å². The van der Waals surface area contributed by atoms with Crippen molar-refractivity contribution in [2.45, 2.75) is 0 Å². The first-order valence-corrected chi connectivity index (χ1v) is 6.06. The van der Waals surface area contributed by atoms with Gasteiger partial charge in [-0.1, -0.05) is 24.3 Å². The Balaban J connectivity index is 2.07. The first-order chi connectivity index (χ1) is 9.78. The molecule has 5 heteroatoms. The summed E-state index contributed by atoms with van der Waals surface area (Å²) in [6.07, 6.45) is 0. The Kier molecular flexibility index (Phi) is 2.90. The number of fused-ring (bicyclic) bond motifs is 1. The van der Waals surface area contributed by atoms with Gasteiger partial charge in [-0.05, 0) is 24.3 Å². The van der Waals surface area contributed by atoms with Crippen LogP contribution in [0.1, 0.15) is 5.56 Å². The van der Waals surface area contributed by atoms with Crippen LogP contribution in [0.15, 0.2) is 48.5 Å². The number of anilines is 3. The van der Waals surface area contributed by atoms with E-state index in [4.69, 9.17) is 11.0 Å². The monoisotopic (exact) mass is 261 g/mol. The summed E-state index contributed by atoms with van der Waals surface area (Å²) in [4.78, 5) is 8.73. The molecule has 2 aromatic carbocycles. The molecule has 0 spiro atoms. The van der Waals surface area contributed by atoms with E-state index in [0.29, 0.717) is 22.9 Å². The SMILES string of the molecule is N#Cc1ccccc1Nc1nc2ccccc2nc1N. The molecule has 3 aromatic rings. The number of hydrogen-bond acceptors (Lipinski definition) is 5. The third-order valence-corrected chi connectivity index (χ3v) is 2.90. The molecule has 0 saturated heterocycles. The first kappa shape index (κ1) is 11.9. The number of hydrogen-bond donors (Lipinski definition) is 2. The van der Waals surface area contributed by atoms with Crippen LogP contribution in [-0.2, 0) is 0 Å². The number of nitrogens with one attached hydrogen (secondary N) is 1. The summed E-state index contributed by atoms with van der Waals surface area (Å²) in [6.45, 7) is 0. The van der Waals surface area contributed by atoms with Gasteiger partial charge in [-0.2, -0.15) is 5.26 Å². The predicted octanol–water partition coefficient (Wildman–Crippen LogP) is 2.83. The number of rotatable bonds is 2. The van der Waals surface area contributed by atoms with E-state index in [1.165, 1.54) is 0 Å². The maximum atomic E-state index is 9.08. The zero-order valence-electron chi connectivity index (χ0n) is 10.5. The number of para-hydroxylation sites is 3. The molecule has 0 saturated carbocycles. The van der Waals surface area contributed by atoms with E-state index in [9.17, 15) is 0 Å². The highest BCUT2D eigenvalue weighted by Crippen LogP contribution is 2.24. The highest BCUT2D eigenvalue weighted by Gasteiger charge is 2.08. The van der Waals surface area contributed by atoms with Gasteiger partial charge in [0.15, 0.2) is 11.6 Å². The van der Waals surface area contributed by atoms with E-state index in [2.05, 4.69) is 21.4 Å². The van der Waals surface area contributed by atoms with E-state index in [-0.39, 0.29) is 0 Å². The van der Waals surface area contributed by atoms with Crippen molar-refractivity contribution in [3.05, 3.63) is 54.1 Å². The molecule has 0 aliphatic rings. The van der Waals surface area contributed by atoms with Crippen molar-refractivity contribution in [1.82, 2.24) is 9.97 Å². The summed E-state index contributed by atoms with van der Waals surface area (Å²) in [5.41, 5.74) is 8.58. The fourth-order valence-electron chi connectivity index (χ4n) is 1.92. The van der Waals surface area contributed by atoms with Crippen molar-refractivity contribution in [3.63, 3.8) is 0 Å². The minimum absolute atomic E-state index is 0.302. The molecule has 5 nitrogen and oxygen atoms in total. The van der Waals surface area contributed by atoms with Crippen molar-refractivity contribution in [2.75, 3.05) is 11.1 Å². The van der Waals surface area contributed by atoms with Crippen LogP contribution < -0.4 is 11.1 Å². The second-order valence-corrected chi connectivity index (χ2v) is 4.23. The predicted molar refractivity (Wildman–Crippen MR) is 78.4 cm³/mol. The molecule has 0 atom stereocenters. The summed E-state index contributed by atoms with van der Waals surface area (Å²) in [5, 5.41) is 12.1. The topological polar surface area (TPSA) is 87.6 Å². The Hall–Kier alpha value is -3.13. The van der Waals surface area contributed by atoms with E-state index in [1.807, 2.05) is 30.3 Å². The maximum absolute atomic E-state index is 9.08. The van der Waals surface area contributed by atoms with Gasteiger partial charge < -0.3 is 11.1 Å². The largest absolute Gasteiger partial charge is 0.381 e. The zero-order valence-corrected chi connectivity index (χ0v) is 10.5. The quantitative estimate of drug-likeness (QED) is 0.740. The highest BCUT2D eigenvalue weighted by molar-refractivity contribution is 5.81. The molecule has 0 radical (unpaired) electrons. The van der Waals surface area contributed by atoms with Crippen molar-refractivity contribution >= 4 is 28.4 Å². The normalized spacial score (nSPS) is 10.2. The lowest BCUT2D eigenvalue weighted by molar-refractivity contribution is 1.28. The molecule has 0 aliphatic heterocycles. The van der Waals surface area contributed by atoms with Crippen LogP contribution in [0.3, 0.4) is 0 Å². The van der Waals surface area contributed by atoms with Gasteiger partial charge in [0.2, 0.25) is 0 Å². The molecular formula is C15H11N5. The first-order valence-electron chi connectivity index (χ1n) is 6.06. The zero-order chi connectivity index (χ0) is 13.9. The smallest absolute Gasteiger partial charge is 0.174 e. The maximum Gasteiger partial charge on any atom is 0.174 e. The summed E-state index contributed by atoms with van der Waals surface area (Å²) in [6, 6.07) is 16.8. The van der Waals surface area contributed by atoms with Crippen molar-refractivity contribution in [1.29, 1.82) is 5.26 Å². The summed E-state index contributed by atoms with van der Waals surface area (Å²) >= 11 is 0. The minimum Gasteiger partial charge on any atom is -0.381 e. The Morgan fingerprint density at radius 1 is 0.950 bits per heavy atom. The van der Waals surface area contributed by atoms with Crippen LogP contribution in [0.5, 0.6) is 0 Å². The number of nitrogen functional groups attached to an aromatic ring is 1. The molecule has 0 aliphatic carbocycles. The molecule has 0 bridgehead atoms.